The highest BCUT2D eigenvalue weighted by Crippen LogP contribution is 2.29. The molecule has 0 heterocycles. The van der Waals surface area contributed by atoms with Crippen LogP contribution in [0.25, 0.3) is 0 Å². The molecule has 0 aliphatic carbocycles. The second kappa shape index (κ2) is 6.33. The van der Waals surface area contributed by atoms with E-state index in [1.807, 2.05) is 49.6 Å². The first-order valence-electron chi connectivity index (χ1n) is 5.97. The van der Waals surface area contributed by atoms with Gasteiger partial charge in [-0.15, -0.1) is 11.8 Å². The van der Waals surface area contributed by atoms with E-state index in [2.05, 4.69) is 0 Å². The van der Waals surface area contributed by atoms with Gasteiger partial charge in [-0.05, 0) is 55.1 Å². The van der Waals surface area contributed by atoms with E-state index < -0.39 is 0 Å². The van der Waals surface area contributed by atoms with E-state index >= 15 is 0 Å². The van der Waals surface area contributed by atoms with Crippen LogP contribution in [0.3, 0.4) is 0 Å². The summed E-state index contributed by atoms with van der Waals surface area (Å²) in [6.07, 6.45) is 2.04. The van der Waals surface area contributed by atoms with Gasteiger partial charge in [0.05, 0.1) is 0 Å². The fourth-order valence-corrected chi connectivity index (χ4v) is 2.47. The number of hydrogen-bond acceptors (Lipinski definition) is 3. The Morgan fingerprint density at radius 3 is 2.26 bits per heavy atom. The van der Waals surface area contributed by atoms with Gasteiger partial charge in [-0.3, -0.25) is 0 Å². The number of halogens is 1. The average Bonchev–Trinajstić information content (AvgIpc) is 2.39. The predicted octanol–water partition coefficient (Wildman–Crippen LogP) is 4.87. The van der Waals surface area contributed by atoms with Gasteiger partial charge in [-0.2, -0.15) is 0 Å². The van der Waals surface area contributed by atoms with Crippen LogP contribution in [-0.2, 0) is 0 Å². The number of benzene rings is 2. The lowest BCUT2D eigenvalue weighted by atomic mass is 10.1. The lowest BCUT2D eigenvalue weighted by Crippen LogP contribution is -2.05. The maximum Gasteiger partial charge on any atom is 0.128 e. The van der Waals surface area contributed by atoms with E-state index in [0.29, 0.717) is 10.8 Å². The summed E-state index contributed by atoms with van der Waals surface area (Å²) in [4.78, 5) is 1.21. The van der Waals surface area contributed by atoms with Crippen LogP contribution in [0, 0.1) is 0 Å². The van der Waals surface area contributed by atoms with Crippen LogP contribution in [-0.4, -0.2) is 6.26 Å². The van der Waals surface area contributed by atoms with Crippen LogP contribution >= 0.6 is 23.4 Å². The molecule has 0 aliphatic heterocycles. The summed E-state index contributed by atoms with van der Waals surface area (Å²) in [5, 5.41) is 0.633. The fraction of sp³-hybridized carbons (Fsp3) is 0.200. The second-order valence-corrected chi connectivity index (χ2v) is 5.54. The molecule has 0 spiro atoms. The summed E-state index contributed by atoms with van der Waals surface area (Å²) in [5.41, 5.74) is 6.74. The quantitative estimate of drug-likeness (QED) is 0.817. The molecular formula is C15H16ClNOS. The van der Waals surface area contributed by atoms with Crippen molar-refractivity contribution in [1.29, 1.82) is 0 Å². The normalized spacial score (nSPS) is 12.2. The van der Waals surface area contributed by atoms with Gasteiger partial charge in [0.25, 0.3) is 0 Å². The lowest BCUT2D eigenvalue weighted by Gasteiger charge is -2.11. The number of nitrogens with two attached hydrogens (primary N) is 1. The predicted molar refractivity (Wildman–Crippen MR) is 82.4 cm³/mol. The first-order chi connectivity index (χ1) is 9.10. The van der Waals surface area contributed by atoms with Crippen molar-refractivity contribution in [2.75, 3.05) is 6.26 Å². The molecule has 0 aromatic heterocycles. The summed E-state index contributed by atoms with van der Waals surface area (Å²) in [7, 11) is 0. The van der Waals surface area contributed by atoms with Gasteiger partial charge in [-0.1, -0.05) is 17.7 Å². The van der Waals surface area contributed by atoms with Crippen molar-refractivity contribution < 1.29 is 4.74 Å². The number of hydrogen-bond donors (Lipinski definition) is 1. The van der Waals surface area contributed by atoms with Crippen molar-refractivity contribution in [3.8, 4) is 11.5 Å². The molecule has 0 fully saturated rings. The second-order valence-electron chi connectivity index (χ2n) is 4.25. The molecule has 100 valence electrons. The smallest absolute Gasteiger partial charge is 0.128 e. The van der Waals surface area contributed by atoms with Gasteiger partial charge in [0, 0.05) is 16.0 Å². The lowest BCUT2D eigenvalue weighted by molar-refractivity contribution is 0.482. The third kappa shape index (κ3) is 3.66. The highest BCUT2D eigenvalue weighted by atomic mass is 35.5. The first-order valence-corrected chi connectivity index (χ1v) is 7.57. The van der Waals surface area contributed by atoms with Gasteiger partial charge in [0.2, 0.25) is 0 Å². The summed E-state index contributed by atoms with van der Waals surface area (Å²) >= 11 is 7.88. The van der Waals surface area contributed by atoms with Crippen LogP contribution in [0.1, 0.15) is 18.5 Å². The van der Waals surface area contributed by atoms with E-state index in [4.69, 9.17) is 22.1 Å². The molecule has 0 amide bonds. The highest BCUT2D eigenvalue weighted by Gasteiger charge is 2.07. The van der Waals surface area contributed by atoms with E-state index in [-0.39, 0.29) is 6.04 Å². The monoisotopic (exact) mass is 293 g/mol. The summed E-state index contributed by atoms with van der Waals surface area (Å²) < 4.78 is 5.76. The van der Waals surface area contributed by atoms with E-state index in [9.17, 15) is 0 Å². The zero-order valence-corrected chi connectivity index (χ0v) is 12.5. The molecule has 0 aliphatic rings. The van der Waals surface area contributed by atoms with Gasteiger partial charge < -0.3 is 10.5 Å². The Bertz CT molecular complexity index is 555. The Kier molecular flexibility index (Phi) is 4.75. The van der Waals surface area contributed by atoms with Crippen LogP contribution in [0.5, 0.6) is 11.5 Å². The van der Waals surface area contributed by atoms with Crippen LogP contribution < -0.4 is 10.5 Å². The van der Waals surface area contributed by atoms with Crippen molar-refractivity contribution in [2.24, 2.45) is 5.73 Å². The molecule has 2 aromatic carbocycles. The fourth-order valence-electron chi connectivity index (χ4n) is 1.72. The summed E-state index contributed by atoms with van der Waals surface area (Å²) in [6.45, 7) is 1.91. The Morgan fingerprint density at radius 1 is 1.11 bits per heavy atom. The Morgan fingerprint density at radius 2 is 1.74 bits per heavy atom. The number of rotatable bonds is 4. The van der Waals surface area contributed by atoms with Crippen LogP contribution in [0.2, 0.25) is 5.02 Å². The maximum atomic E-state index is 6.17. The van der Waals surface area contributed by atoms with Crippen molar-refractivity contribution in [2.45, 2.75) is 17.9 Å². The molecule has 0 saturated carbocycles. The van der Waals surface area contributed by atoms with E-state index in [0.717, 1.165) is 11.3 Å². The van der Waals surface area contributed by atoms with Gasteiger partial charge in [0.15, 0.2) is 0 Å². The Labute approximate surface area is 122 Å². The molecule has 1 unspecified atom stereocenters. The molecular weight excluding hydrogens is 278 g/mol. The Hall–Kier alpha value is -1.16. The van der Waals surface area contributed by atoms with Crippen molar-refractivity contribution in [3.05, 3.63) is 53.1 Å². The van der Waals surface area contributed by atoms with Crippen molar-refractivity contribution >= 4 is 23.4 Å². The molecule has 2 aromatic rings. The minimum Gasteiger partial charge on any atom is -0.457 e. The molecule has 1 atom stereocenters. The third-order valence-corrected chi connectivity index (χ3v) is 3.83. The number of ether oxygens (including phenoxy) is 1. The average molecular weight is 294 g/mol. The molecule has 0 saturated heterocycles. The molecule has 4 heteroatoms. The minimum atomic E-state index is -0.0811. The molecule has 0 radical (unpaired) electrons. The SMILES string of the molecule is CSc1ccc(Oc2ccc(C(C)N)c(Cl)c2)cc1. The molecule has 0 bridgehead atoms. The van der Waals surface area contributed by atoms with Gasteiger partial charge in [-0.25, -0.2) is 0 Å². The zero-order chi connectivity index (χ0) is 13.8. The maximum absolute atomic E-state index is 6.17. The van der Waals surface area contributed by atoms with E-state index in [1.165, 1.54) is 4.90 Å². The Balaban J connectivity index is 2.16. The minimum absolute atomic E-state index is 0.0811. The standard InChI is InChI=1S/C15H16ClNOS/c1-10(17)14-8-5-12(9-15(14)16)18-11-3-6-13(19-2)7-4-11/h3-10H,17H2,1-2H3. The largest absolute Gasteiger partial charge is 0.457 e. The zero-order valence-electron chi connectivity index (χ0n) is 10.9. The molecule has 19 heavy (non-hydrogen) atoms. The van der Waals surface area contributed by atoms with E-state index in [1.54, 1.807) is 17.8 Å². The molecule has 2 N–H and O–H groups in total. The van der Waals surface area contributed by atoms with Crippen LogP contribution in [0.15, 0.2) is 47.4 Å². The highest BCUT2D eigenvalue weighted by molar-refractivity contribution is 7.98. The molecule has 2 rings (SSSR count). The topological polar surface area (TPSA) is 35.2 Å². The summed E-state index contributed by atoms with van der Waals surface area (Å²) in [5.74, 6) is 1.51. The summed E-state index contributed by atoms with van der Waals surface area (Å²) in [6, 6.07) is 13.4. The number of thioether (sulfide) groups is 1. The van der Waals surface area contributed by atoms with Crippen LogP contribution in [0.4, 0.5) is 0 Å². The van der Waals surface area contributed by atoms with Crippen molar-refractivity contribution in [1.82, 2.24) is 0 Å². The van der Waals surface area contributed by atoms with Gasteiger partial charge in [0.1, 0.15) is 11.5 Å². The first kappa shape index (κ1) is 14.3. The molecule has 2 nitrogen and oxygen atoms in total. The third-order valence-electron chi connectivity index (χ3n) is 2.76. The van der Waals surface area contributed by atoms with Crippen molar-refractivity contribution in [3.63, 3.8) is 0 Å². The van der Waals surface area contributed by atoms with Gasteiger partial charge >= 0.3 is 0 Å².